The molecule has 1 amide bonds. The highest BCUT2D eigenvalue weighted by Gasteiger charge is 2.16. The first kappa shape index (κ1) is 10.5. The van der Waals surface area contributed by atoms with Gasteiger partial charge in [-0.2, -0.15) is 0 Å². The first-order valence-corrected chi connectivity index (χ1v) is 4.85. The Bertz CT molecular complexity index is 302. The number of alkyl halides is 1. The van der Waals surface area contributed by atoms with Crippen molar-refractivity contribution in [2.45, 2.75) is 5.38 Å². The molecule has 3 nitrogen and oxygen atoms in total. The van der Waals surface area contributed by atoms with Crippen molar-refractivity contribution in [3.8, 4) is 0 Å². The second-order valence-electron chi connectivity index (χ2n) is 2.38. The predicted octanol–water partition coefficient (Wildman–Crippen LogP) is 1.87. The molecule has 0 aliphatic heterocycles. The van der Waals surface area contributed by atoms with E-state index in [4.69, 9.17) is 11.6 Å². The maximum Gasteiger partial charge on any atom is 0.243 e. The molecule has 1 aromatic heterocycles. The van der Waals surface area contributed by atoms with Crippen LogP contribution < -0.4 is 5.32 Å². The highest BCUT2D eigenvalue weighted by atomic mass is 79.9. The van der Waals surface area contributed by atoms with Gasteiger partial charge in [-0.05, 0) is 28.1 Å². The molecule has 1 rings (SSSR count). The molecule has 0 fully saturated rings. The second kappa shape index (κ2) is 4.58. The van der Waals surface area contributed by atoms with E-state index < -0.39 is 5.38 Å². The molecule has 1 heterocycles. The summed E-state index contributed by atoms with van der Waals surface area (Å²) in [5, 5.41) is 1.73. The zero-order chi connectivity index (χ0) is 9.84. The molecule has 0 radical (unpaired) electrons. The highest BCUT2D eigenvalue weighted by molar-refractivity contribution is 9.10. The summed E-state index contributed by atoms with van der Waals surface area (Å²) in [5.74, 6) is -0.253. The lowest BCUT2D eigenvalue weighted by Crippen LogP contribution is -2.22. The van der Waals surface area contributed by atoms with Gasteiger partial charge in [0.05, 0.1) is 5.69 Å². The summed E-state index contributed by atoms with van der Waals surface area (Å²) in [7, 11) is 1.54. The molecular weight excluding hydrogens is 255 g/mol. The summed E-state index contributed by atoms with van der Waals surface area (Å²) in [5.41, 5.74) is 0.546. The van der Waals surface area contributed by atoms with Crippen LogP contribution in [-0.2, 0) is 4.79 Å². The van der Waals surface area contributed by atoms with Crippen LogP contribution in [0.15, 0.2) is 22.8 Å². The molecule has 1 unspecified atom stereocenters. The predicted molar refractivity (Wildman–Crippen MR) is 54.6 cm³/mol. The Morgan fingerprint density at radius 2 is 2.38 bits per heavy atom. The first-order chi connectivity index (χ1) is 6.15. The van der Waals surface area contributed by atoms with Crippen molar-refractivity contribution in [1.82, 2.24) is 10.3 Å². The van der Waals surface area contributed by atoms with Crippen LogP contribution in [0.25, 0.3) is 0 Å². The molecule has 5 heteroatoms. The largest absolute Gasteiger partial charge is 0.358 e. The number of amides is 1. The number of pyridine rings is 1. The van der Waals surface area contributed by atoms with Crippen LogP contribution in [0.5, 0.6) is 0 Å². The highest BCUT2D eigenvalue weighted by Crippen LogP contribution is 2.19. The van der Waals surface area contributed by atoms with Gasteiger partial charge in [-0.15, -0.1) is 11.6 Å². The lowest BCUT2D eigenvalue weighted by atomic mass is 10.2. The first-order valence-electron chi connectivity index (χ1n) is 3.62. The fraction of sp³-hybridized carbons (Fsp3) is 0.250. The second-order valence-corrected chi connectivity index (χ2v) is 3.73. The Morgan fingerprint density at radius 1 is 1.69 bits per heavy atom. The lowest BCUT2D eigenvalue weighted by molar-refractivity contribution is -0.120. The molecule has 1 atom stereocenters. The number of halogens is 2. The van der Waals surface area contributed by atoms with E-state index in [0.29, 0.717) is 5.69 Å². The molecule has 1 N–H and O–H groups in total. The Kier molecular flexibility index (Phi) is 3.69. The number of likely N-dealkylation sites (N-methyl/N-ethyl adjacent to an activating group) is 1. The van der Waals surface area contributed by atoms with E-state index in [0.717, 1.165) is 4.47 Å². The van der Waals surface area contributed by atoms with Crippen molar-refractivity contribution in [2.75, 3.05) is 7.05 Å². The third-order valence-corrected chi connectivity index (χ3v) is 2.38. The van der Waals surface area contributed by atoms with Gasteiger partial charge in [0.25, 0.3) is 0 Å². The Morgan fingerprint density at radius 3 is 2.85 bits per heavy atom. The summed E-state index contributed by atoms with van der Waals surface area (Å²) in [6, 6.07) is 3.50. The van der Waals surface area contributed by atoms with Crippen molar-refractivity contribution in [3.63, 3.8) is 0 Å². The standard InChI is InChI=1S/C8H8BrClN2O/c1-11-8(13)7(10)6-3-2-5(9)4-12-6/h2-4,7H,1H3,(H,11,13). The Labute approximate surface area is 89.6 Å². The summed E-state index contributed by atoms with van der Waals surface area (Å²) < 4.78 is 0.858. The molecular formula is C8H8BrClN2O. The van der Waals surface area contributed by atoms with Crippen LogP contribution in [0.3, 0.4) is 0 Å². The minimum absolute atomic E-state index is 0.253. The van der Waals surface area contributed by atoms with Gasteiger partial charge in [0.15, 0.2) is 5.38 Å². The van der Waals surface area contributed by atoms with Crippen molar-refractivity contribution >= 4 is 33.4 Å². The number of carbonyl (C=O) groups excluding carboxylic acids is 1. The summed E-state index contributed by atoms with van der Waals surface area (Å²) in [4.78, 5) is 15.1. The Balaban J connectivity index is 2.83. The molecule has 0 saturated carbocycles. The van der Waals surface area contributed by atoms with Gasteiger partial charge < -0.3 is 5.32 Å². The maximum absolute atomic E-state index is 11.1. The monoisotopic (exact) mass is 262 g/mol. The van der Waals surface area contributed by atoms with Crippen LogP contribution in [0, 0.1) is 0 Å². The van der Waals surface area contributed by atoms with E-state index in [1.54, 1.807) is 18.3 Å². The van der Waals surface area contributed by atoms with E-state index >= 15 is 0 Å². The van der Waals surface area contributed by atoms with E-state index in [9.17, 15) is 4.79 Å². The van der Waals surface area contributed by atoms with Crippen molar-refractivity contribution in [3.05, 3.63) is 28.5 Å². The SMILES string of the molecule is CNC(=O)C(Cl)c1ccc(Br)cn1. The van der Waals surface area contributed by atoms with Gasteiger partial charge in [0, 0.05) is 17.7 Å². The lowest BCUT2D eigenvalue weighted by Gasteiger charge is -2.06. The fourth-order valence-electron chi connectivity index (χ4n) is 0.798. The van der Waals surface area contributed by atoms with E-state index in [2.05, 4.69) is 26.2 Å². The smallest absolute Gasteiger partial charge is 0.243 e. The van der Waals surface area contributed by atoms with Crippen LogP contribution >= 0.6 is 27.5 Å². The zero-order valence-electron chi connectivity index (χ0n) is 6.92. The third kappa shape index (κ3) is 2.67. The van der Waals surface area contributed by atoms with Crippen molar-refractivity contribution in [1.29, 1.82) is 0 Å². The molecule has 0 aliphatic carbocycles. The molecule has 0 bridgehead atoms. The van der Waals surface area contributed by atoms with Crippen LogP contribution in [0.1, 0.15) is 11.1 Å². The van der Waals surface area contributed by atoms with Gasteiger partial charge >= 0.3 is 0 Å². The normalized spacial score (nSPS) is 12.2. The number of nitrogens with one attached hydrogen (secondary N) is 1. The topological polar surface area (TPSA) is 42.0 Å². The number of hydrogen-bond acceptors (Lipinski definition) is 2. The average molecular weight is 264 g/mol. The summed E-state index contributed by atoms with van der Waals surface area (Å²) in [6.45, 7) is 0. The molecule has 0 aliphatic rings. The van der Waals surface area contributed by atoms with E-state index in [1.807, 2.05) is 0 Å². The van der Waals surface area contributed by atoms with Gasteiger partial charge in [0.1, 0.15) is 0 Å². The minimum Gasteiger partial charge on any atom is -0.358 e. The third-order valence-electron chi connectivity index (χ3n) is 1.49. The number of nitrogens with zero attached hydrogens (tertiary/aromatic N) is 1. The fourth-order valence-corrected chi connectivity index (χ4v) is 1.27. The van der Waals surface area contributed by atoms with Gasteiger partial charge in [0.2, 0.25) is 5.91 Å². The van der Waals surface area contributed by atoms with Crippen LogP contribution in [0.2, 0.25) is 0 Å². The molecule has 1 aromatic rings. The van der Waals surface area contributed by atoms with Gasteiger partial charge in [-0.3, -0.25) is 9.78 Å². The quantitative estimate of drug-likeness (QED) is 0.828. The van der Waals surface area contributed by atoms with Crippen molar-refractivity contribution < 1.29 is 4.79 Å². The molecule has 0 aromatic carbocycles. The number of carbonyl (C=O) groups is 1. The van der Waals surface area contributed by atoms with Crippen molar-refractivity contribution in [2.24, 2.45) is 0 Å². The van der Waals surface area contributed by atoms with E-state index in [-0.39, 0.29) is 5.91 Å². The van der Waals surface area contributed by atoms with E-state index in [1.165, 1.54) is 7.05 Å². The molecule has 0 saturated heterocycles. The maximum atomic E-state index is 11.1. The molecule has 70 valence electrons. The molecule has 0 spiro atoms. The average Bonchev–Trinajstić information content (AvgIpc) is 2.17. The zero-order valence-corrected chi connectivity index (χ0v) is 9.26. The number of rotatable bonds is 2. The number of hydrogen-bond donors (Lipinski definition) is 1. The van der Waals surface area contributed by atoms with Gasteiger partial charge in [-0.1, -0.05) is 0 Å². The number of aromatic nitrogens is 1. The minimum atomic E-state index is -0.724. The molecule has 13 heavy (non-hydrogen) atoms. The summed E-state index contributed by atoms with van der Waals surface area (Å²) in [6.07, 6.45) is 1.60. The summed E-state index contributed by atoms with van der Waals surface area (Å²) >= 11 is 9.06. The van der Waals surface area contributed by atoms with Crippen LogP contribution in [-0.4, -0.2) is 17.9 Å². The van der Waals surface area contributed by atoms with Crippen LogP contribution in [0.4, 0.5) is 0 Å². The van der Waals surface area contributed by atoms with Gasteiger partial charge in [-0.25, -0.2) is 0 Å². The Hall–Kier alpha value is -0.610.